The third kappa shape index (κ3) is 7.40. The molecule has 150 valence electrons. The molecule has 1 aromatic heterocycles. The van der Waals surface area contributed by atoms with Crippen LogP contribution in [0.15, 0.2) is 47.1 Å². The van der Waals surface area contributed by atoms with Gasteiger partial charge in [-0.05, 0) is 30.7 Å². The molecule has 2 N–H and O–H groups in total. The van der Waals surface area contributed by atoms with Crippen molar-refractivity contribution in [1.82, 2.24) is 10.6 Å². The second-order valence-corrected chi connectivity index (χ2v) is 5.55. The van der Waals surface area contributed by atoms with Crippen LogP contribution >= 0.6 is 0 Å². The van der Waals surface area contributed by atoms with Gasteiger partial charge in [-0.3, -0.25) is 10.1 Å². The number of carbonyl (C=O) groups is 3. The molecular weight excluding hydrogens is 368 g/mol. The number of hydrogen-bond donors (Lipinski definition) is 2. The minimum absolute atomic E-state index is 0.124. The topological polar surface area (TPSA) is 116 Å². The Bertz CT molecular complexity index is 774. The maximum Gasteiger partial charge on any atom is 0.344 e. The van der Waals surface area contributed by atoms with E-state index in [4.69, 9.17) is 18.6 Å². The second-order valence-electron chi connectivity index (χ2n) is 5.55. The number of ether oxygens (including phenoxy) is 3. The molecule has 0 unspecified atom stereocenters. The fraction of sp³-hybridized carbons (Fsp3) is 0.316. The number of rotatable bonds is 10. The van der Waals surface area contributed by atoms with Gasteiger partial charge in [0.2, 0.25) is 0 Å². The fourth-order valence-electron chi connectivity index (χ4n) is 2.01. The second kappa shape index (κ2) is 11.3. The Balaban J connectivity index is 1.66. The Morgan fingerprint density at radius 1 is 1.00 bits per heavy atom. The van der Waals surface area contributed by atoms with Crippen molar-refractivity contribution in [2.45, 2.75) is 19.9 Å². The molecule has 0 aliphatic carbocycles. The van der Waals surface area contributed by atoms with E-state index < -0.39 is 31.1 Å². The van der Waals surface area contributed by atoms with E-state index in [0.717, 1.165) is 6.42 Å². The summed E-state index contributed by atoms with van der Waals surface area (Å²) >= 11 is 0. The number of nitrogens with one attached hydrogen (secondary N) is 2. The van der Waals surface area contributed by atoms with E-state index in [1.54, 1.807) is 36.4 Å². The van der Waals surface area contributed by atoms with Crippen LogP contribution in [0.2, 0.25) is 0 Å². The zero-order valence-electron chi connectivity index (χ0n) is 15.4. The van der Waals surface area contributed by atoms with Gasteiger partial charge in [0.25, 0.3) is 5.91 Å². The SMILES string of the molecule is CCCOc1ccccc1OCC(=O)OCC(=O)NC(=O)NCc1ccco1. The van der Waals surface area contributed by atoms with Crippen LogP contribution in [0.25, 0.3) is 0 Å². The normalized spacial score (nSPS) is 10.0. The molecule has 0 bridgehead atoms. The molecule has 0 saturated heterocycles. The van der Waals surface area contributed by atoms with Crippen molar-refractivity contribution in [2.75, 3.05) is 19.8 Å². The van der Waals surface area contributed by atoms with E-state index in [1.807, 2.05) is 12.2 Å². The van der Waals surface area contributed by atoms with Crippen LogP contribution in [0.3, 0.4) is 0 Å². The molecule has 2 aromatic rings. The number of benzene rings is 1. The Kier molecular flexibility index (Phi) is 8.38. The van der Waals surface area contributed by atoms with Gasteiger partial charge in [0, 0.05) is 0 Å². The summed E-state index contributed by atoms with van der Waals surface area (Å²) in [5.74, 6) is -0.0689. The summed E-state index contributed by atoms with van der Waals surface area (Å²) in [6, 6.07) is 9.55. The molecule has 0 atom stereocenters. The summed E-state index contributed by atoms with van der Waals surface area (Å²) in [6.07, 6.45) is 2.30. The quantitative estimate of drug-likeness (QED) is 0.596. The lowest BCUT2D eigenvalue weighted by atomic mass is 10.3. The number of esters is 1. The molecule has 9 nitrogen and oxygen atoms in total. The molecule has 0 aliphatic rings. The third-order valence-corrected chi connectivity index (χ3v) is 3.28. The Morgan fingerprint density at radius 3 is 2.43 bits per heavy atom. The van der Waals surface area contributed by atoms with Gasteiger partial charge >= 0.3 is 12.0 Å². The van der Waals surface area contributed by atoms with Gasteiger partial charge in [-0.15, -0.1) is 0 Å². The average Bonchev–Trinajstić information content (AvgIpc) is 3.22. The Morgan fingerprint density at radius 2 is 1.75 bits per heavy atom. The van der Waals surface area contributed by atoms with E-state index >= 15 is 0 Å². The summed E-state index contributed by atoms with van der Waals surface area (Å²) in [4.78, 5) is 34.9. The highest BCUT2D eigenvalue weighted by Crippen LogP contribution is 2.26. The summed E-state index contributed by atoms with van der Waals surface area (Å²) in [5, 5.41) is 4.46. The smallest absolute Gasteiger partial charge is 0.344 e. The van der Waals surface area contributed by atoms with Crippen LogP contribution in [0, 0.1) is 0 Å². The maximum atomic E-state index is 11.7. The maximum absolute atomic E-state index is 11.7. The first kappa shape index (κ1) is 20.8. The third-order valence-electron chi connectivity index (χ3n) is 3.28. The summed E-state index contributed by atoms with van der Waals surface area (Å²) in [7, 11) is 0. The van der Waals surface area contributed by atoms with Gasteiger partial charge in [0.15, 0.2) is 24.7 Å². The molecule has 0 saturated carbocycles. The van der Waals surface area contributed by atoms with E-state index in [-0.39, 0.29) is 6.54 Å². The number of para-hydroxylation sites is 2. The van der Waals surface area contributed by atoms with Crippen molar-refractivity contribution in [2.24, 2.45) is 0 Å². The molecule has 0 aliphatic heterocycles. The first-order valence-electron chi connectivity index (χ1n) is 8.68. The van der Waals surface area contributed by atoms with Gasteiger partial charge in [0.05, 0.1) is 19.4 Å². The molecule has 1 heterocycles. The van der Waals surface area contributed by atoms with E-state index in [1.165, 1.54) is 6.26 Å². The molecular formula is C19H22N2O7. The monoisotopic (exact) mass is 390 g/mol. The highest BCUT2D eigenvalue weighted by molar-refractivity contribution is 5.95. The van der Waals surface area contributed by atoms with Crippen molar-refractivity contribution < 1.29 is 33.0 Å². The molecule has 0 fully saturated rings. The van der Waals surface area contributed by atoms with Crippen LogP contribution < -0.4 is 20.1 Å². The van der Waals surface area contributed by atoms with Gasteiger partial charge in [-0.1, -0.05) is 19.1 Å². The van der Waals surface area contributed by atoms with Crippen molar-refractivity contribution >= 4 is 17.9 Å². The summed E-state index contributed by atoms with van der Waals surface area (Å²) in [6.45, 7) is 1.62. The minimum Gasteiger partial charge on any atom is -0.490 e. The first-order valence-corrected chi connectivity index (χ1v) is 8.68. The number of urea groups is 1. The van der Waals surface area contributed by atoms with Crippen LogP contribution in [0.1, 0.15) is 19.1 Å². The number of furan rings is 1. The first-order chi connectivity index (χ1) is 13.6. The molecule has 28 heavy (non-hydrogen) atoms. The minimum atomic E-state index is -0.767. The standard InChI is InChI=1S/C19H22N2O7/c1-2-9-26-15-7-3-4-8-16(15)27-13-18(23)28-12-17(22)21-19(24)20-11-14-6-5-10-25-14/h3-8,10H,2,9,11-13H2,1H3,(H2,20,21,22,24). The van der Waals surface area contributed by atoms with Crippen molar-refractivity contribution in [3.63, 3.8) is 0 Å². The van der Waals surface area contributed by atoms with Crippen molar-refractivity contribution in [3.05, 3.63) is 48.4 Å². The fourth-order valence-corrected chi connectivity index (χ4v) is 2.01. The Labute approximate surface area is 161 Å². The molecule has 0 spiro atoms. The van der Waals surface area contributed by atoms with E-state index in [9.17, 15) is 14.4 Å². The Hall–Kier alpha value is -3.49. The number of amides is 3. The van der Waals surface area contributed by atoms with Crippen LogP contribution in [-0.2, 0) is 20.9 Å². The highest BCUT2D eigenvalue weighted by Gasteiger charge is 2.13. The van der Waals surface area contributed by atoms with Crippen LogP contribution in [-0.4, -0.2) is 37.7 Å². The van der Waals surface area contributed by atoms with Crippen LogP contribution in [0.5, 0.6) is 11.5 Å². The van der Waals surface area contributed by atoms with Gasteiger partial charge in [-0.2, -0.15) is 0 Å². The van der Waals surface area contributed by atoms with Crippen molar-refractivity contribution in [1.29, 1.82) is 0 Å². The van der Waals surface area contributed by atoms with Crippen LogP contribution in [0.4, 0.5) is 4.79 Å². The lowest BCUT2D eigenvalue weighted by Gasteiger charge is -2.12. The zero-order chi connectivity index (χ0) is 20.2. The predicted molar refractivity (Wildman–Crippen MR) is 97.8 cm³/mol. The van der Waals surface area contributed by atoms with E-state index in [2.05, 4.69) is 5.32 Å². The lowest BCUT2D eigenvalue weighted by Crippen LogP contribution is -2.41. The molecule has 1 aromatic carbocycles. The molecule has 9 heteroatoms. The lowest BCUT2D eigenvalue weighted by molar-refractivity contribution is -0.150. The van der Waals surface area contributed by atoms with Gasteiger partial charge in [0.1, 0.15) is 5.76 Å². The average molecular weight is 390 g/mol. The largest absolute Gasteiger partial charge is 0.490 e. The molecule has 3 amide bonds. The number of hydrogen-bond acceptors (Lipinski definition) is 7. The van der Waals surface area contributed by atoms with Crippen molar-refractivity contribution in [3.8, 4) is 11.5 Å². The highest BCUT2D eigenvalue weighted by atomic mass is 16.6. The van der Waals surface area contributed by atoms with Gasteiger partial charge in [-0.25, -0.2) is 9.59 Å². The number of imide groups is 1. The molecule has 2 rings (SSSR count). The predicted octanol–water partition coefficient (Wildman–Crippen LogP) is 2.02. The van der Waals surface area contributed by atoms with E-state index in [0.29, 0.717) is 23.9 Å². The summed E-state index contributed by atoms with van der Waals surface area (Å²) < 4.78 is 20.7. The molecule has 0 radical (unpaired) electrons. The summed E-state index contributed by atoms with van der Waals surface area (Å²) in [5.41, 5.74) is 0. The number of carbonyl (C=O) groups excluding carboxylic acids is 3. The van der Waals surface area contributed by atoms with Gasteiger partial charge < -0.3 is 23.9 Å². The zero-order valence-corrected chi connectivity index (χ0v) is 15.4.